The highest BCUT2D eigenvalue weighted by Crippen LogP contribution is 2.75. The first-order chi connectivity index (χ1) is 8.16. The van der Waals surface area contributed by atoms with Gasteiger partial charge in [-0.1, -0.05) is 0 Å². The molecule has 0 aliphatic heterocycles. The second kappa shape index (κ2) is 5.27. The molecule has 7 heteroatoms. The second-order valence-electron chi connectivity index (χ2n) is 4.90. The Bertz CT molecular complexity index is 356. The molecule has 1 rings (SSSR count). The molecule has 1 saturated carbocycles. The van der Waals surface area contributed by atoms with E-state index in [0.717, 1.165) is 0 Å². The molecule has 0 saturated heterocycles. The highest BCUT2D eigenvalue weighted by Gasteiger charge is 2.74. The van der Waals surface area contributed by atoms with E-state index < -0.39 is 37.1 Å². The van der Waals surface area contributed by atoms with Gasteiger partial charge < -0.3 is 13.8 Å². The molecule has 0 amide bonds. The summed E-state index contributed by atoms with van der Waals surface area (Å²) in [6.45, 7) is 6.54. The maximum Gasteiger partial charge on any atom is 0.368 e. The summed E-state index contributed by atoms with van der Waals surface area (Å²) in [6.07, 6.45) is -1.10. The Morgan fingerprint density at radius 3 is 2.06 bits per heavy atom. The summed E-state index contributed by atoms with van der Waals surface area (Å²) >= 11 is 0. The fraction of sp³-hybridized carbons (Fsp3) is 0.909. The molecule has 0 radical (unpaired) electrons. The normalized spacial score (nSPS) is 27.7. The molecule has 0 bridgehead atoms. The molecular formula is C11H20FO5P. The Morgan fingerprint density at radius 1 is 1.28 bits per heavy atom. The maximum atomic E-state index is 14.6. The Morgan fingerprint density at radius 2 is 1.72 bits per heavy atom. The Labute approximate surface area is 107 Å². The van der Waals surface area contributed by atoms with Crippen LogP contribution in [0, 0.1) is 5.92 Å². The van der Waals surface area contributed by atoms with E-state index in [-0.39, 0.29) is 6.42 Å². The predicted molar refractivity (Wildman–Crippen MR) is 64.0 cm³/mol. The van der Waals surface area contributed by atoms with Crippen molar-refractivity contribution in [1.29, 1.82) is 0 Å². The van der Waals surface area contributed by atoms with Crippen molar-refractivity contribution in [3.63, 3.8) is 0 Å². The van der Waals surface area contributed by atoms with Gasteiger partial charge in [-0.3, -0.25) is 9.36 Å². The minimum atomic E-state index is -4.00. The van der Waals surface area contributed by atoms with Crippen LogP contribution in [0.25, 0.3) is 0 Å². The van der Waals surface area contributed by atoms with Crippen molar-refractivity contribution in [2.75, 3.05) is 7.11 Å². The Hall–Kier alpha value is -0.450. The van der Waals surface area contributed by atoms with Crippen molar-refractivity contribution in [3.05, 3.63) is 0 Å². The van der Waals surface area contributed by atoms with Gasteiger partial charge in [0, 0.05) is 6.42 Å². The third kappa shape index (κ3) is 2.92. The van der Waals surface area contributed by atoms with Gasteiger partial charge in [0.25, 0.3) is 0 Å². The fourth-order valence-electron chi connectivity index (χ4n) is 1.69. The van der Waals surface area contributed by atoms with Crippen LogP contribution in [-0.4, -0.2) is 30.7 Å². The zero-order chi connectivity index (χ0) is 14.1. The van der Waals surface area contributed by atoms with Crippen molar-refractivity contribution in [1.82, 2.24) is 0 Å². The summed E-state index contributed by atoms with van der Waals surface area (Å²) in [5, 5.41) is -2.26. The molecule has 18 heavy (non-hydrogen) atoms. The molecule has 106 valence electrons. The first-order valence-electron chi connectivity index (χ1n) is 5.90. The van der Waals surface area contributed by atoms with Crippen LogP contribution in [0.15, 0.2) is 0 Å². The molecule has 5 nitrogen and oxygen atoms in total. The van der Waals surface area contributed by atoms with Gasteiger partial charge in [-0.25, -0.2) is 4.39 Å². The average molecular weight is 282 g/mol. The number of esters is 1. The maximum absolute atomic E-state index is 14.6. The van der Waals surface area contributed by atoms with E-state index in [1.165, 1.54) is 7.11 Å². The quantitative estimate of drug-likeness (QED) is 0.553. The summed E-state index contributed by atoms with van der Waals surface area (Å²) < 4.78 is 41.8. The van der Waals surface area contributed by atoms with Crippen LogP contribution >= 0.6 is 7.60 Å². The predicted octanol–water partition coefficient (Wildman–Crippen LogP) is 2.89. The van der Waals surface area contributed by atoms with E-state index in [0.29, 0.717) is 0 Å². The molecule has 2 atom stereocenters. The van der Waals surface area contributed by atoms with E-state index >= 15 is 0 Å². The molecule has 0 aromatic rings. The molecule has 0 spiro atoms. The van der Waals surface area contributed by atoms with Crippen LogP contribution in [0.4, 0.5) is 4.39 Å². The molecule has 0 N–H and O–H groups in total. The molecule has 0 aromatic heterocycles. The lowest BCUT2D eigenvalue weighted by atomic mass is 10.4. The highest BCUT2D eigenvalue weighted by molar-refractivity contribution is 7.56. The smallest absolute Gasteiger partial charge is 0.368 e. The van der Waals surface area contributed by atoms with Crippen molar-refractivity contribution in [2.45, 2.75) is 51.7 Å². The van der Waals surface area contributed by atoms with Crippen LogP contribution in [-0.2, 0) is 23.1 Å². The second-order valence-corrected chi connectivity index (χ2v) is 7.06. The van der Waals surface area contributed by atoms with Gasteiger partial charge in [-0.05, 0) is 27.7 Å². The number of hydrogen-bond acceptors (Lipinski definition) is 5. The standard InChI is InChI=1S/C11H20FO5P/c1-7(2)16-18(14,17-8(3)4)11(12)6-9(11)10(13)15-5/h7-9H,6H2,1-5H3/t9-,11+/m0/s1. The lowest BCUT2D eigenvalue weighted by Gasteiger charge is -2.25. The molecule has 0 aromatic carbocycles. The number of carbonyl (C=O) groups is 1. The first kappa shape index (κ1) is 15.6. The van der Waals surface area contributed by atoms with Crippen molar-refractivity contribution in [3.8, 4) is 0 Å². The third-order valence-corrected chi connectivity index (χ3v) is 5.31. The van der Waals surface area contributed by atoms with E-state index in [1.54, 1.807) is 27.7 Å². The first-order valence-corrected chi connectivity index (χ1v) is 7.44. The van der Waals surface area contributed by atoms with Gasteiger partial charge >= 0.3 is 13.6 Å². The summed E-state index contributed by atoms with van der Waals surface area (Å²) in [5.41, 5.74) is 0. The third-order valence-electron chi connectivity index (χ3n) is 2.50. The highest BCUT2D eigenvalue weighted by atomic mass is 31.2. The van der Waals surface area contributed by atoms with Gasteiger partial charge in [0.1, 0.15) is 5.92 Å². The number of carbonyl (C=O) groups excluding carboxylic acids is 1. The van der Waals surface area contributed by atoms with Gasteiger partial charge in [0.15, 0.2) is 0 Å². The summed E-state index contributed by atoms with van der Waals surface area (Å²) in [7, 11) is -2.83. The average Bonchev–Trinajstić information content (AvgIpc) is 2.89. The number of hydrogen-bond donors (Lipinski definition) is 0. The Kier molecular flexibility index (Phi) is 4.57. The summed E-state index contributed by atoms with van der Waals surface area (Å²) in [4.78, 5) is 11.3. The van der Waals surface area contributed by atoms with E-state index in [9.17, 15) is 13.8 Å². The SMILES string of the molecule is COC(=O)[C@@H]1C[C@@]1(F)P(=O)(OC(C)C)OC(C)C. The zero-order valence-corrected chi connectivity index (χ0v) is 12.2. The van der Waals surface area contributed by atoms with Crippen molar-refractivity contribution < 1.29 is 27.5 Å². The van der Waals surface area contributed by atoms with E-state index in [2.05, 4.69) is 4.74 Å². The summed E-state index contributed by atoms with van der Waals surface area (Å²) in [5.74, 6) is -1.79. The van der Waals surface area contributed by atoms with Crippen LogP contribution in [0.1, 0.15) is 34.1 Å². The van der Waals surface area contributed by atoms with Crippen molar-refractivity contribution in [2.24, 2.45) is 5.92 Å². The topological polar surface area (TPSA) is 61.8 Å². The lowest BCUT2D eigenvalue weighted by molar-refractivity contribution is -0.143. The molecule has 0 unspecified atom stereocenters. The minimum absolute atomic E-state index is 0.184. The van der Waals surface area contributed by atoms with E-state index in [4.69, 9.17) is 9.05 Å². The number of alkyl halides is 1. The molecule has 1 aliphatic carbocycles. The van der Waals surface area contributed by atoms with Crippen LogP contribution in [0.3, 0.4) is 0 Å². The number of methoxy groups -OCH3 is 1. The zero-order valence-electron chi connectivity index (χ0n) is 11.3. The molecule has 1 fully saturated rings. The van der Waals surface area contributed by atoms with Crippen molar-refractivity contribution >= 4 is 13.6 Å². The van der Waals surface area contributed by atoms with Crippen LogP contribution in [0.2, 0.25) is 0 Å². The number of halogens is 1. The van der Waals surface area contributed by atoms with Gasteiger partial charge in [-0.2, -0.15) is 0 Å². The number of ether oxygens (including phenoxy) is 1. The van der Waals surface area contributed by atoms with Gasteiger partial charge in [0.05, 0.1) is 19.3 Å². The van der Waals surface area contributed by atoms with Crippen LogP contribution in [0.5, 0.6) is 0 Å². The van der Waals surface area contributed by atoms with E-state index in [1.807, 2.05) is 0 Å². The fourth-order valence-corrected chi connectivity index (χ4v) is 4.10. The Balaban J connectivity index is 2.92. The van der Waals surface area contributed by atoms with Gasteiger partial charge in [-0.15, -0.1) is 0 Å². The van der Waals surface area contributed by atoms with Gasteiger partial charge in [0.2, 0.25) is 5.41 Å². The minimum Gasteiger partial charge on any atom is -0.469 e. The summed E-state index contributed by atoms with van der Waals surface area (Å²) in [6, 6.07) is 0. The monoisotopic (exact) mass is 282 g/mol. The van der Waals surface area contributed by atoms with Crippen LogP contribution < -0.4 is 0 Å². The molecule has 1 aliphatic rings. The largest absolute Gasteiger partial charge is 0.469 e. The molecular weight excluding hydrogens is 262 g/mol. The molecule has 0 heterocycles. The number of rotatable bonds is 6. The lowest BCUT2D eigenvalue weighted by Crippen LogP contribution is -2.20.